The predicted octanol–water partition coefficient (Wildman–Crippen LogP) is 3.80. The molecule has 0 aliphatic rings. The maximum atomic E-state index is 5.91. The Bertz CT molecular complexity index is 468. The molecule has 0 saturated heterocycles. The molecule has 2 aromatic rings. The van der Waals surface area contributed by atoms with Crippen LogP contribution in [0.2, 0.25) is 5.02 Å². The third kappa shape index (κ3) is 2.52. The molecule has 0 aliphatic heterocycles. The zero-order valence-electron chi connectivity index (χ0n) is 8.98. The monoisotopic (exact) mass is 233 g/mol. The summed E-state index contributed by atoms with van der Waals surface area (Å²) in [6, 6.07) is 11.4. The molecule has 0 saturated carbocycles. The van der Waals surface area contributed by atoms with Crippen LogP contribution in [-0.4, -0.2) is 11.6 Å². The Morgan fingerprint density at radius 2 is 1.94 bits per heavy atom. The average Bonchev–Trinajstić information content (AvgIpc) is 2.30. The Labute approximate surface area is 99.9 Å². The second-order valence-corrected chi connectivity index (χ2v) is 3.75. The highest BCUT2D eigenvalue weighted by Gasteiger charge is 2.00. The molecule has 16 heavy (non-hydrogen) atoms. The van der Waals surface area contributed by atoms with Gasteiger partial charge in [-0.05, 0) is 43.3 Å². The van der Waals surface area contributed by atoms with Gasteiger partial charge in [0.25, 0.3) is 0 Å². The van der Waals surface area contributed by atoms with Gasteiger partial charge in [0.15, 0.2) is 0 Å². The molecular formula is C13H12ClNO. The molecule has 1 aromatic carbocycles. The number of pyridine rings is 1. The van der Waals surface area contributed by atoms with E-state index in [0.717, 1.165) is 17.0 Å². The number of hydrogen-bond donors (Lipinski definition) is 0. The second-order valence-electron chi connectivity index (χ2n) is 3.32. The summed E-state index contributed by atoms with van der Waals surface area (Å²) < 4.78 is 5.37. The number of hydrogen-bond acceptors (Lipinski definition) is 2. The maximum Gasteiger partial charge on any atom is 0.119 e. The molecule has 0 bridgehead atoms. The molecule has 2 nitrogen and oxygen atoms in total. The van der Waals surface area contributed by atoms with E-state index >= 15 is 0 Å². The predicted molar refractivity (Wildman–Crippen MR) is 65.9 cm³/mol. The topological polar surface area (TPSA) is 22.1 Å². The number of rotatable bonds is 3. The van der Waals surface area contributed by atoms with Crippen LogP contribution in [0.25, 0.3) is 11.3 Å². The van der Waals surface area contributed by atoms with Crippen LogP contribution in [0.5, 0.6) is 5.75 Å². The largest absolute Gasteiger partial charge is 0.494 e. The van der Waals surface area contributed by atoms with Gasteiger partial charge in [0, 0.05) is 16.8 Å². The average molecular weight is 234 g/mol. The fourth-order valence-corrected chi connectivity index (χ4v) is 1.61. The first-order valence-corrected chi connectivity index (χ1v) is 5.52. The van der Waals surface area contributed by atoms with Gasteiger partial charge in [0.05, 0.1) is 12.3 Å². The molecule has 0 atom stereocenters. The zero-order chi connectivity index (χ0) is 11.4. The number of aromatic nitrogens is 1. The lowest BCUT2D eigenvalue weighted by molar-refractivity contribution is 0.340. The molecule has 0 aliphatic carbocycles. The van der Waals surface area contributed by atoms with E-state index < -0.39 is 0 Å². The van der Waals surface area contributed by atoms with Crippen LogP contribution in [0, 0.1) is 0 Å². The maximum absolute atomic E-state index is 5.91. The van der Waals surface area contributed by atoms with E-state index in [4.69, 9.17) is 16.3 Å². The summed E-state index contributed by atoms with van der Waals surface area (Å²) in [6.45, 7) is 2.64. The molecule has 1 aromatic heterocycles. The molecular weight excluding hydrogens is 222 g/mol. The van der Waals surface area contributed by atoms with Crippen LogP contribution >= 0.6 is 11.6 Å². The Morgan fingerprint density at radius 1 is 1.19 bits per heavy atom. The fraction of sp³-hybridized carbons (Fsp3) is 0.154. The van der Waals surface area contributed by atoms with E-state index in [-0.39, 0.29) is 0 Å². The molecule has 3 heteroatoms. The van der Waals surface area contributed by atoms with Crippen molar-refractivity contribution >= 4 is 11.6 Å². The van der Waals surface area contributed by atoms with Gasteiger partial charge in [-0.1, -0.05) is 11.6 Å². The second kappa shape index (κ2) is 4.99. The quantitative estimate of drug-likeness (QED) is 0.805. The first kappa shape index (κ1) is 11.0. The molecule has 0 unspecified atom stereocenters. The lowest BCUT2D eigenvalue weighted by Gasteiger charge is -2.04. The Balaban J connectivity index is 2.27. The number of benzene rings is 1. The minimum absolute atomic E-state index is 0.675. The van der Waals surface area contributed by atoms with Crippen molar-refractivity contribution < 1.29 is 4.74 Å². The standard InChI is InChI=1S/C13H12ClNO/c1-2-16-12-5-3-10(4-6-12)13-9-11(14)7-8-15-13/h3-9H,2H2,1H3. The summed E-state index contributed by atoms with van der Waals surface area (Å²) in [6.07, 6.45) is 1.70. The lowest BCUT2D eigenvalue weighted by atomic mass is 10.1. The molecule has 0 fully saturated rings. The summed E-state index contributed by atoms with van der Waals surface area (Å²) in [5.74, 6) is 0.869. The first-order chi connectivity index (χ1) is 7.79. The van der Waals surface area contributed by atoms with Crippen LogP contribution in [0.3, 0.4) is 0 Å². The molecule has 82 valence electrons. The van der Waals surface area contributed by atoms with Crippen molar-refractivity contribution in [2.45, 2.75) is 6.92 Å². The van der Waals surface area contributed by atoms with E-state index in [1.807, 2.05) is 37.3 Å². The van der Waals surface area contributed by atoms with Gasteiger partial charge in [-0.2, -0.15) is 0 Å². The Kier molecular flexibility index (Phi) is 3.42. The van der Waals surface area contributed by atoms with Crippen LogP contribution in [0.4, 0.5) is 0 Å². The SMILES string of the molecule is CCOc1ccc(-c2cc(Cl)ccn2)cc1. The fourth-order valence-electron chi connectivity index (χ4n) is 1.45. The van der Waals surface area contributed by atoms with Crippen molar-refractivity contribution in [2.24, 2.45) is 0 Å². The highest BCUT2D eigenvalue weighted by molar-refractivity contribution is 6.30. The van der Waals surface area contributed by atoms with Gasteiger partial charge in [0.1, 0.15) is 5.75 Å². The summed E-state index contributed by atoms with van der Waals surface area (Å²) >= 11 is 5.91. The van der Waals surface area contributed by atoms with E-state index in [9.17, 15) is 0 Å². The molecule has 2 rings (SSSR count). The van der Waals surface area contributed by atoms with Crippen LogP contribution < -0.4 is 4.74 Å². The molecule has 0 amide bonds. The normalized spacial score (nSPS) is 10.1. The molecule has 0 N–H and O–H groups in total. The Morgan fingerprint density at radius 3 is 2.56 bits per heavy atom. The van der Waals surface area contributed by atoms with Crippen molar-refractivity contribution in [1.29, 1.82) is 0 Å². The van der Waals surface area contributed by atoms with Crippen LogP contribution in [0.1, 0.15) is 6.92 Å². The summed E-state index contributed by atoms with van der Waals surface area (Å²) in [4.78, 5) is 4.26. The lowest BCUT2D eigenvalue weighted by Crippen LogP contribution is -1.90. The van der Waals surface area contributed by atoms with Crippen LogP contribution in [0.15, 0.2) is 42.6 Å². The zero-order valence-corrected chi connectivity index (χ0v) is 9.74. The molecule has 0 radical (unpaired) electrons. The summed E-state index contributed by atoms with van der Waals surface area (Å²) in [5.41, 5.74) is 1.90. The summed E-state index contributed by atoms with van der Waals surface area (Å²) in [7, 11) is 0. The van der Waals surface area contributed by atoms with Crippen LogP contribution in [-0.2, 0) is 0 Å². The van der Waals surface area contributed by atoms with E-state index in [1.54, 1.807) is 12.3 Å². The van der Waals surface area contributed by atoms with Crippen molar-refractivity contribution in [3.8, 4) is 17.0 Å². The van der Waals surface area contributed by atoms with E-state index in [2.05, 4.69) is 4.98 Å². The van der Waals surface area contributed by atoms with Gasteiger partial charge in [-0.25, -0.2) is 0 Å². The number of ether oxygens (including phenoxy) is 1. The van der Waals surface area contributed by atoms with Crippen molar-refractivity contribution in [1.82, 2.24) is 4.98 Å². The third-order valence-electron chi connectivity index (χ3n) is 2.18. The van der Waals surface area contributed by atoms with E-state index in [0.29, 0.717) is 11.6 Å². The third-order valence-corrected chi connectivity index (χ3v) is 2.42. The van der Waals surface area contributed by atoms with Crippen molar-refractivity contribution in [3.05, 3.63) is 47.6 Å². The van der Waals surface area contributed by atoms with Crippen molar-refractivity contribution in [2.75, 3.05) is 6.61 Å². The van der Waals surface area contributed by atoms with Crippen molar-refractivity contribution in [3.63, 3.8) is 0 Å². The number of halogens is 1. The Hall–Kier alpha value is -1.54. The molecule has 1 heterocycles. The highest BCUT2D eigenvalue weighted by Crippen LogP contribution is 2.22. The minimum Gasteiger partial charge on any atom is -0.494 e. The van der Waals surface area contributed by atoms with Gasteiger partial charge in [-0.15, -0.1) is 0 Å². The smallest absolute Gasteiger partial charge is 0.119 e. The first-order valence-electron chi connectivity index (χ1n) is 5.14. The number of nitrogens with zero attached hydrogens (tertiary/aromatic N) is 1. The van der Waals surface area contributed by atoms with Gasteiger partial charge < -0.3 is 4.74 Å². The van der Waals surface area contributed by atoms with Gasteiger partial charge in [-0.3, -0.25) is 4.98 Å². The molecule has 0 spiro atoms. The summed E-state index contributed by atoms with van der Waals surface area (Å²) in [5, 5.41) is 0.693. The van der Waals surface area contributed by atoms with Gasteiger partial charge >= 0.3 is 0 Å². The van der Waals surface area contributed by atoms with Gasteiger partial charge in [0.2, 0.25) is 0 Å². The minimum atomic E-state index is 0.675. The highest BCUT2D eigenvalue weighted by atomic mass is 35.5. The van der Waals surface area contributed by atoms with E-state index in [1.165, 1.54) is 0 Å².